The zero-order chi connectivity index (χ0) is 14.7. The minimum atomic E-state index is -0.381. The second kappa shape index (κ2) is 6.09. The van der Waals surface area contributed by atoms with Gasteiger partial charge in [-0.2, -0.15) is 5.10 Å². The van der Waals surface area contributed by atoms with Crippen LogP contribution in [0.15, 0.2) is 29.6 Å². The van der Waals surface area contributed by atoms with Crippen LogP contribution in [0, 0.1) is 3.57 Å². The zero-order valence-electron chi connectivity index (χ0n) is 9.89. The number of carbonyl (C=O) groups excluding carboxylic acids is 1. The van der Waals surface area contributed by atoms with Crippen molar-refractivity contribution in [2.24, 2.45) is 10.9 Å². The van der Waals surface area contributed by atoms with Gasteiger partial charge in [0, 0.05) is 8.59 Å². The molecule has 0 aliphatic heterocycles. The lowest BCUT2D eigenvalue weighted by Crippen LogP contribution is -2.19. The number of aromatic nitrogens is 2. The molecule has 1 amide bonds. The van der Waals surface area contributed by atoms with Crippen LogP contribution >= 0.6 is 34.2 Å². The van der Waals surface area contributed by atoms with E-state index in [0.717, 1.165) is 3.57 Å². The van der Waals surface area contributed by atoms with E-state index in [1.165, 1.54) is 6.20 Å². The topological polar surface area (TPSA) is 116 Å². The summed E-state index contributed by atoms with van der Waals surface area (Å²) in [7, 11) is 0. The average molecular weight is 406 g/mol. The van der Waals surface area contributed by atoms with E-state index >= 15 is 0 Å². The van der Waals surface area contributed by atoms with E-state index in [9.17, 15) is 4.79 Å². The fraction of sp³-hybridized carbons (Fsp3) is 0. The van der Waals surface area contributed by atoms with Gasteiger partial charge in [-0.3, -0.25) is 9.89 Å². The molecule has 0 saturated heterocycles. The fourth-order valence-electron chi connectivity index (χ4n) is 1.48. The third-order valence-corrected chi connectivity index (χ3v) is 3.61. The molecule has 20 heavy (non-hydrogen) atoms. The number of aromatic amines is 1. The molecule has 1 aromatic heterocycles. The van der Waals surface area contributed by atoms with Crippen molar-refractivity contribution >= 4 is 51.8 Å². The van der Waals surface area contributed by atoms with Crippen LogP contribution in [0.5, 0.6) is 0 Å². The summed E-state index contributed by atoms with van der Waals surface area (Å²) in [6.45, 7) is 0. The maximum Gasteiger partial charge on any atom is 0.257 e. The highest BCUT2D eigenvalue weighted by atomic mass is 127. The molecule has 7 nitrogen and oxygen atoms in total. The lowest BCUT2D eigenvalue weighted by atomic mass is 10.2. The summed E-state index contributed by atoms with van der Waals surface area (Å²) in [4.78, 5) is 12.2. The number of rotatable bonds is 3. The minimum absolute atomic E-state index is 0.158. The van der Waals surface area contributed by atoms with E-state index in [0.29, 0.717) is 10.6 Å². The number of H-pyrrole nitrogens is 1. The lowest BCUT2D eigenvalue weighted by Gasteiger charge is -2.07. The number of hydrogen-bond donors (Lipinski definition) is 4. The Hall–Kier alpha value is -1.81. The maximum atomic E-state index is 12.2. The van der Waals surface area contributed by atoms with Crippen molar-refractivity contribution < 1.29 is 10.0 Å². The normalized spacial score (nSPS) is 11.4. The van der Waals surface area contributed by atoms with E-state index in [2.05, 4.69) is 20.7 Å². The van der Waals surface area contributed by atoms with Gasteiger partial charge in [0.2, 0.25) is 0 Å². The number of amides is 1. The molecule has 104 valence electrons. The van der Waals surface area contributed by atoms with Crippen molar-refractivity contribution in [1.82, 2.24) is 10.2 Å². The molecule has 0 unspecified atom stereocenters. The summed E-state index contributed by atoms with van der Waals surface area (Å²) >= 11 is 7.90. The average Bonchev–Trinajstić information content (AvgIpc) is 2.88. The molecular formula is C11H9ClIN5O2. The summed E-state index contributed by atoms with van der Waals surface area (Å²) in [5.41, 5.74) is 6.18. The molecular weight excluding hydrogens is 397 g/mol. The summed E-state index contributed by atoms with van der Waals surface area (Å²) in [6, 6.07) is 4.98. The molecule has 1 heterocycles. The van der Waals surface area contributed by atoms with Gasteiger partial charge in [-0.15, -0.1) is 0 Å². The highest BCUT2D eigenvalue weighted by Gasteiger charge is 2.15. The Bertz CT molecular complexity index is 685. The van der Waals surface area contributed by atoms with Crippen LogP contribution in [0.1, 0.15) is 15.9 Å². The van der Waals surface area contributed by atoms with E-state index in [1.807, 2.05) is 22.6 Å². The Balaban J connectivity index is 2.29. The summed E-state index contributed by atoms with van der Waals surface area (Å²) in [5.74, 6) is -0.302. The van der Waals surface area contributed by atoms with Crippen LogP contribution in [-0.2, 0) is 0 Å². The number of carbonyl (C=O) groups is 1. The van der Waals surface area contributed by atoms with Crippen LogP contribution in [0.4, 0.5) is 5.82 Å². The predicted octanol–water partition coefficient (Wildman–Crippen LogP) is 2.01. The van der Waals surface area contributed by atoms with Gasteiger partial charge in [0.15, 0.2) is 5.84 Å². The SMILES string of the molecule is N/C(=N/O)c1cn[nH]c1NC(=O)c1cc(Cl)ccc1I. The summed E-state index contributed by atoms with van der Waals surface area (Å²) < 4.78 is 0.745. The van der Waals surface area contributed by atoms with Gasteiger partial charge in [-0.25, -0.2) is 0 Å². The molecule has 2 rings (SSSR count). The molecule has 5 N–H and O–H groups in total. The first-order chi connectivity index (χ1) is 9.52. The monoisotopic (exact) mass is 405 g/mol. The zero-order valence-corrected chi connectivity index (χ0v) is 12.8. The quantitative estimate of drug-likeness (QED) is 0.205. The molecule has 0 spiro atoms. The Morgan fingerprint density at radius 1 is 1.50 bits per heavy atom. The van der Waals surface area contributed by atoms with E-state index in [4.69, 9.17) is 22.5 Å². The molecule has 2 aromatic rings. The van der Waals surface area contributed by atoms with Crippen LogP contribution in [0.3, 0.4) is 0 Å². The number of benzene rings is 1. The third kappa shape index (κ3) is 3.02. The number of nitrogens with two attached hydrogens (primary N) is 1. The highest BCUT2D eigenvalue weighted by Crippen LogP contribution is 2.20. The Kier molecular flexibility index (Phi) is 4.45. The second-order valence-electron chi connectivity index (χ2n) is 3.72. The van der Waals surface area contributed by atoms with Crippen molar-refractivity contribution in [2.75, 3.05) is 5.32 Å². The molecule has 0 aliphatic carbocycles. The van der Waals surface area contributed by atoms with Gasteiger partial charge >= 0.3 is 0 Å². The van der Waals surface area contributed by atoms with Crippen LogP contribution < -0.4 is 11.1 Å². The van der Waals surface area contributed by atoms with Crippen molar-refractivity contribution in [2.45, 2.75) is 0 Å². The van der Waals surface area contributed by atoms with E-state index in [1.54, 1.807) is 18.2 Å². The Morgan fingerprint density at radius 3 is 2.95 bits per heavy atom. The van der Waals surface area contributed by atoms with Crippen molar-refractivity contribution in [3.05, 3.63) is 44.1 Å². The molecule has 0 radical (unpaired) electrons. The first-order valence-corrected chi connectivity index (χ1v) is 6.76. The van der Waals surface area contributed by atoms with Crippen molar-refractivity contribution in [3.63, 3.8) is 0 Å². The van der Waals surface area contributed by atoms with Gasteiger partial charge in [-0.05, 0) is 40.8 Å². The maximum absolute atomic E-state index is 12.2. The molecule has 1 aromatic carbocycles. The molecule has 0 saturated carbocycles. The number of amidine groups is 1. The molecule has 0 atom stereocenters. The number of nitrogens with one attached hydrogen (secondary N) is 2. The second-order valence-corrected chi connectivity index (χ2v) is 5.32. The summed E-state index contributed by atoms with van der Waals surface area (Å²) in [6.07, 6.45) is 1.34. The first-order valence-electron chi connectivity index (χ1n) is 5.30. The van der Waals surface area contributed by atoms with Crippen molar-refractivity contribution in [1.29, 1.82) is 0 Å². The number of anilines is 1. The highest BCUT2D eigenvalue weighted by molar-refractivity contribution is 14.1. The number of halogens is 2. The Labute approximate surface area is 132 Å². The Morgan fingerprint density at radius 2 is 2.25 bits per heavy atom. The smallest absolute Gasteiger partial charge is 0.257 e. The third-order valence-electron chi connectivity index (χ3n) is 2.43. The van der Waals surface area contributed by atoms with Gasteiger partial charge in [0.1, 0.15) is 5.82 Å². The lowest BCUT2D eigenvalue weighted by molar-refractivity contribution is 0.102. The van der Waals surface area contributed by atoms with Gasteiger partial charge in [0.05, 0.1) is 17.3 Å². The van der Waals surface area contributed by atoms with Crippen LogP contribution in [0.25, 0.3) is 0 Å². The van der Waals surface area contributed by atoms with Gasteiger partial charge in [0.25, 0.3) is 5.91 Å². The van der Waals surface area contributed by atoms with E-state index in [-0.39, 0.29) is 23.1 Å². The molecule has 9 heteroatoms. The van der Waals surface area contributed by atoms with Gasteiger partial charge in [-0.1, -0.05) is 16.8 Å². The first kappa shape index (κ1) is 14.6. The van der Waals surface area contributed by atoms with Crippen LogP contribution in [0.2, 0.25) is 5.02 Å². The molecule has 0 aliphatic rings. The minimum Gasteiger partial charge on any atom is -0.409 e. The van der Waals surface area contributed by atoms with Crippen LogP contribution in [-0.4, -0.2) is 27.1 Å². The van der Waals surface area contributed by atoms with E-state index < -0.39 is 0 Å². The number of hydrogen-bond acceptors (Lipinski definition) is 4. The number of nitrogens with zero attached hydrogens (tertiary/aromatic N) is 2. The standard InChI is InChI=1S/C11H9ClIN5O2/c12-5-1-2-8(13)6(3-5)11(19)16-10-7(4-15-17-10)9(14)18-20/h1-4,20H,(H2,14,18)(H2,15,16,17,19). The largest absolute Gasteiger partial charge is 0.409 e. The molecule has 0 fully saturated rings. The molecule has 0 bridgehead atoms. The fourth-order valence-corrected chi connectivity index (χ4v) is 2.23. The van der Waals surface area contributed by atoms with Crippen molar-refractivity contribution in [3.8, 4) is 0 Å². The predicted molar refractivity (Wildman–Crippen MR) is 83.2 cm³/mol. The summed E-state index contributed by atoms with van der Waals surface area (Å²) in [5, 5.41) is 20.9. The number of oxime groups is 1. The van der Waals surface area contributed by atoms with Gasteiger partial charge < -0.3 is 16.3 Å².